The topological polar surface area (TPSA) is 106 Å². The number of methoxy groups -OCH3 is 1. The molecular weight excluding hydrogens is 484 g/mol. The fourth-order valence-corrected chi connectivity index (χ4v) is 4.44. The average Bonchev–Trinajstić information content (AvgIpc) is 3.21. The van der Waals surface area contributed by atoms with Crippen LogP contribution in [0.4, 0.5) is 5.69 Å². The van der Waals surface area contributed by atoms with E-state index in [0.717, 1.165) is 5.56 Å². The molecule has 4 rings (SSSR count). The molecule has 8 heteroatoms. The third-order valence-corrected chi connectivity index (χ3v) is 6.36. The first-order valence-electron chi connectivity index (χ1n) is 12.5. The van der Waals surface area contributed by atoms with Crippen LogP contribution in [0.5, 0.6) is 5.75 Å². The van der Waals surface area contributed by atoms with Crippen LogP contribution in [-0.4, -0.2) is 41.5 Å². The summed E-state index contributed by atoms with van der Waals surface area (Å²) in [6, 6.07) is 15.6. The highest BCUT2D eigenvalue weighted by Gasteiger charge is 2.47. The number of rotatable bonds is 8. The standard InChI is InChI=1S/C30H30N2O6/c1-5-16-38-30(36)19-9-12-21(13-10-19)32-26(23-8-6-7-15-31-23)25(28(34)29(32)35)27(33)20-11-14-24(37-4)22(17-20)18(2)3/h6-15,17-18,26,33H,5,16H2,1-4H3/b27-25-. The molecule has 2 heterocycles. The van der Waals surface area contributed by atoms with Crippen LogP contribution in [0.3, 0.4) is 0 Å². The number of amides is 1. The average molecular weight is 515 g/mol. The number of hydrogen-bond donors (Lipinski definition) is 1. The summed E-state index contributed by atoms with van der Waals surface area (Å²) in [5.74, 6) is -1.65. The molecule has 1 unspecified atom stereocenters. The van der Waals surface area contributed by atoms with Gasteiger partial charge in [0.2, 0.25) is 0 Å². The summed E-state index contributed by atoms with van der Waals surface area (Å²) in [6.45, 7) is 6.20. The number of ketones is 1. The second-order valence-corrected chi connectivity index (χ2v) is 9.22. The molecule has 1 saturated heterocycles. The Labute approximate surface area is 221 Å². The molecule has 1 aromatic heterocycles. The number of benzene rings is 2. The van der Waals surface area contributed by atoms with Crippen molar-refractivity contribution in [1.82, 2.24) is 4.98 Å². The minimum Gasteiger partial charge on any atom is -0.507 e. The lowest BCUT2D eigenvalue weighted by atomic mass is 9.94. The van der Waals surface area contributed by atoms with Crippen molar-refractivity contribution in [3.8, 4) is 5.75 Å². The number of anilines is 1. The van der Waals surface area contributed by atoms with E-state index in [0.29, 0.717) is 41.3 Å². The van der Waals surface area contributed by atoms with E-state index in [1.807, 2.05) is 20.8 Å². The lowest BCUT2D eigenvalue weighted by Gasteiger charge is -2.24. The van der Waals surface area contributed by atoms with Gasteiger partial charge in [-0.25, -0.2) is 4.79 Å². The fraction of sp³-hybridized carbons (Fsp3) is 0.267. The maximum atomic E-state index is 13.4. The molecule has 1 aliphatic heterocycles. The molecule has 1 fully saturated rings. The fourth-order valence-electron chi connectivity index (χ4n) is 4.44. The largest absolute Gasteiger partial charge is 0.507 e. The number of ether oxygens (including phenoxy) is 2. The molecular formula is C30H30N2O6. The van der Waals surface area contributed by atoms with Gasteiger partial charge in [0.25, 0.3) is 11.7 Å². The van der Waals surface area contributed by atoms with Gasteiger partial charge < -0.3 is 14.6 Å². The molecule has 0 aliphatic carbocycles. The number of nitrogens with zero attached hydrogens (tertiary/aromatic N) is 2. The van der Waals surface area contributed by atoms with Gasteiger partial charge in [0.05, 0.1) is 30.5 Å². The number of aliphatic hydroxyl groups excluding tert-OH is 1. The van der Waals surface area contributed by atoms with Gasteiger partial charge >= 0.3 is 5.97 Å². The third-order valence-electron chi connectivity index (χ3n) is 6.36. The van der Waals surface area contributed by atoms with Gasteiger partial charge in [0.1, 0.15) is 17.6 Å². The van der Waals surface area contributed by atoms with Crippen LogP contribution in [0.25, 0.3) is 5.76 Å². The van der Waals surface area contributed by atoms with E-state index < -0.39 is 23.7 Å². The van der Waals surface area contributed by atoms with Crippen LogP contribution in [-0.2, 0) is 14.3 Å². The van der Waals surface area contributed by atoms with Crippen LogP contribution >= 0.6 is 0 Å². The van der Waals surface area contributed by atoms with Crippen LogP contribution in [0.1, 0.15) is 66.3 Å². The molecule has 8 nitrogen and oxygen atoms in total. The zero-order chi connectivity index (χ0) is 27.4. The Bertz CT molecular complexity index is 1380. The molecule has 1 aliphatic rings. The van der Waals surface area contributed by atoms with Gasteiger partial charge in [-0.15, -0.1) is 0 Å². The number of carbonyl (C=O) groups excluding carboxylic acids is 3. The van der Waals surface area contributed by atoms with E-state index in [9.17, 15) is 19.5 Å². The predicted octanol–water partition coefficient (Wildman–Crippen LogP) is 5.41. The van der Waals surface area contributed by atoms with Crippen molar-refractivity contribution < 1.29 is 29.0 Å². The van der Waals surface area contributed by atoms with Gasteiger partial charge in [-0.3, -0.25) is 19.5 Å². The molecule has 3 aromatic rings. The third kappa shape index (κ3) is 5.02. The summed E-state index contributed by atoms with van der Waals surface area (Å²) >= 11 is 0. The van der Waals surface area contributed by atoms with Crippen LogP contribution < -0.4 is 9.64 Å². The second-order valence-electron chi connectivity index (χ2n) is 9.22. The number of Topliss-reactive ketones (excluding diaryl/α,β-unsaturated/α-hetero) is 1. The Morgan fingerprint density at radius 2 is 1.76 bits per heavy atom. The number of aliphatic hydroxyl groups is 1. The second kappa shape index (κ2) is 11.3. The molecule has 196 valence electrons. The molecule has 0 saturated carbocycles. The van der Waals surface area contributed by atoms with Crippen molar-refractivity contribution in [1.29, 1.82) is 0 Å². The van der Waals surface area contributed by atoms with E-state index in [1.165, 1.54) is 4.90 Å². The number of hydrogen-bond acceptors (Lipinski definition) is 7. The smallest absolute Gasteiger partial charge is 0.338 e. The van der Waals surface area contributed by atoms with E-state index in [2.05, 4.69) is 4.98 Å². The molecule has 0 bridgehead atoms. The molecule has 1 N–H and O–H groups in total. The van der Waals surface area contributed by atoms with Crippen LogP contribution in [0, 0.1) is 0 Å². The molecule has 38 heavy (non-hydrogen) atoms. The maximum Gasteiger partial charge on any atom is 0.338 e. The predicted molar refractivity (Wildman–Crippen MR) is 143 cm³/mol. The highest BCUT2D eigenvalue weighted by atomic mass is 16.5. The van der Waals surface area contributed by atoms with Crippen molar-refractivity contribution in [3.63, 3.8) is 0 Å². The van der Waals surface area contributed by atoms with Crippen molar-refractivity contribution >= 4 is 29.1 Å². The maximum absolute atomic E-state index is 13.4. The lowest BCUT2D eigenvalue weighted by molar-refractivity contribution is -0.132. The van der Waals surface area contributed by atoms with E-state index >= 15 is 0 Å². The van der Waals surface area contributed by atoms with Gasteiger partial charge in [-0.2, -0.15) is 0 Å². The first kappa shape index (κ1) is 26.6. The minimum absolute atomic E-state index is 0.0694. The summed E-state index contributed by atoms with van der Waals surface area (Å²) in [4.78, 5) is 44.7. The normalized spacial score (nSPS) is 16.7. The summed E-state index contributed by atoms with van der Waals surface area (Å²) in [5, 5.41) is 11.4. The number of pyridine rings is 1. The summed E-state index contributed by atoms with van der Waals surface area (Å²) in [6.07, 6.45) is 2.26. The van der Waals surface area contributed by atoms with Crippen molar-refractivity contribution in [2.75, 3.05) is 18.6 Å². The Balaban J connectivity index is 1.83. The van der Waals surface area contributed by atoms with Crippen molar-refractivity contribution in [2.24, 2.45) is 0 Å². The highest BCUT2D eigenvalue weighted by molar-refractivity contribution is 6.51. The van der Waals surface area contributed by atoms with E-state index in [1.54, 1.807) is 74.0 Å². The minimum atomic E-state index is -0.973. The summed E-state index contributed by atoms with van der Waals surface area (Å²) < 4.78 is 10.6. The zero-order valence-corrected chi connectivity index (χ0v) is 21.8. The molecule has 0 radical (unpaired) electrons. The number of carbonyl (C=O) groups is 3. The Morgan fingerprint density at radius 3 is 2.37 bits per heavy atom. The zero-order valence-electron chi connectivity index (χ0n) is 21.8. The quantitative estimate of drug-likeness (QED) is 0.185. The Morgan fingerprint density at radius 1 is 1.05 bits per heavy atom. The number of aromatic nitrogens is 1. The molecule has 0 spiro atoms. The van der Waals surface area contributed by atoms with Crippen LogP contribution in [0.15, 0.2) is 72.4 Å². The summed E-state index contributed by atoms with van der Waals surface area (Å²) in [7, 11) is 1.57. The Kier molecular flexibility index (Phi) is 7.90. The molecule has 1 amide bonds. The van der Waals surface area contributed by atoms with Crippen molar-refractivity contribution in [3.05, 3.63) is 94.8 Å². The number of esters is 1. The summed E-state index contributed by atoms with van der Waals surface area (Å²) in [5.41, 5.74) is 2.30. The van der Waals surface area contributed by atoms with Crippen molar-refractivity contribution in [2.45, 2.75) is 39.2 Å². The highest BCUT2D eigenvalue weighted by Crippen LogP contribution is 2.42. The van der Waals surface area contributed by atoms with E-state index in [4.69, 9.17) is 9.47 Å². The van der Waals surface area contributed by atoms with E-state index in [-0.39, 0.29) is 17.3 Å². The van der Waals surface area contributed by atoms with Gasteiger partial charge in [0.15, 0.2) is 0 Å². The van der Waals surface area contributed by atoms with Gasteiger partial charge in [-0.1, -0.05) is 26.8 Å². The SMILES string of the molecule is CCCOC(=O)c1ccc(N2C(=O)C(=O)/C(=C(\O)c3ccc(OC)c(C(C)C)c3)C2c2ccccn2)cc1. The monoisotopic (exact) mass is 514 g/mol. The van der Waals surface area contributed by atoms with Gasteiger partial charge in [-0.05, 0) is 72.5 Å². The lowest BCUT2D eigenvalue weighted by Crippen LogP contribution is -2.29. The first-order valence-corrected chi connectivity index (χ1v) is 12.5. The molecule has 1 atom stereocenters. The Hall–Kier alpha value is -4.46. The molecule has 2 aromatic carbocycles. The first-order chi connectivity index (χ1) is 18.3. The van der Waals surface area contributed by atoms with Gasteiger partial charge in [0, 0.05) is 17.4 Å². The van der Waals surface area contributed by atoms with Crippen LogP contribution in [0.2, 0.25) is 0 Å².